The lowest BCUT2D eigenvalue weighted by molar-refractivity contribution is 0.0844. The number of hydrazine groups is 1. The first-order valence-corrected chi connectivity index (χ1v) is 7.86. The number of carbonyl (C=O) groups excluding carboxylic acids is 2. The van der Waals surface area contributed by atoms with Crippen LogP contribution in [0.15, 0.2) is 53.0 Å². The molecule has 7 heteroatoms. The summed E-state index contributed by atoms with van der Waals surface area (Å²) >= 11 is 9.59. The molecular weight excluding hydrogens is 382 g/mol. The summed E-state index contributed by atoms with van der Waals surface area (Å²) in [5.41, 5.74) is 6.07. The molecule has 3 N–H and O–H groups in total. The van der Waals surface area contributed by atoms with Crippen LogP contribution in [0.1, 0.15) is 20.8 Å². The molecule has 0 aliphatic carbocycles. The molecule has 0 aliphatic heterocycles. The van der Waals surface area contributed by atoms with Gasteiger partial charge in [-0.1, -0.05) is 45.7 Å². The Hall–Kier alpha value is -2.31. The van der Waals surface area contributed by atoms with Gasteiger partial charge in [-0.15, -0.1) is 0 Å². The van der Waals surface area contributed by atoms with E-state index in [9.17, 15) is 9.59 Å². The number of hydrogen-bond acceptors (Lipinski definition) is 2. The minimum absolute atomic E-state index is 0.188. The van der Waals surface area contributed by atoms with Gasteiger partial charge in [-0.3, -0.25) is 20.4 Å². The molecule has 3 aromatic rings. The summed E-state index contributed by atoms with van der Waals surface area (Å²) in [6, 6.07) is 14.0. The first kappa shape index (κ1) is 15.6. The van der Waals surface area contributed by atoms with E-state index >= 15 is 0 Å². The molecule has 0 saturated heterocycles. The van der Waals surface area contributed by atoms with Crippen LogP contribution < -0.4 is 10.9 Å². The van der Waals surface area contributed by atoms with Crippen LogP contribution in [-0.2, 0) is 0 Å². The number of hydrogen-bond donors (Lipinski definition) is 3. The summed E-state index contributed by atoms with van der Waals surface area (Å²) in [5, 5.41) is 1.02. The van der Waals surface area contributed by atoms with Crippen molar-refractivity contribution in [3.63, 3.8) is 0 Å². The highest BCUT2D eigenvalue weighted by atomic mass is 79.9. The first-order chi connectivity index (χ1) is 11.1. The average Bonchev–Trinajstić information content (AvgIpc) is 2.90. The minimum atomic E-state index is -0.522. The number of amides is 2. The maximum Gasteiger partial charge on any atom is 0.287 e. The zero-order chi connectivity index (χ0) is 16.4. The van der Waals surface area contributed by atoms with Crippen molar-refractivity contribution in [1.82, 2.24) is 15.8 Å². The van der Waals surface area contributed by atoms with Gasteiger partial charge in [0.25, 0.3) is 11.8 Å². The third-order valence-corrected chi connectivity index (χ3v) is 4.14. The van der Waals surface area contributed by atoms with Crippen molar-refractivity contribution in [3.05, 3.63) is 69.3 Å². The number of nitrogens with one attached hydrogen (secondary N) is 3. The largest absolute Gasteiger partial charge is 0.349 e. The Morgan fingerprint density at radius 3 is 2.43 bits per heavy atom. The van der Waals surface area contributed by atoms with E-state index < -0.39 is 11.8 Å². The fourth-order valence-electron chi connectivity index (χ4n) is 2.13. The molecule has 2 amide bonds. The third-order valence-electron chi connectivity index (χ3n) is 3.25. The van der Waals surface area contributed by atoms with Gasteiger partial charge in [-0.05, 0) is 30.3 Å². The fraction of sp³-hybridized carbons (Fsp3) is 0. The SMILES string of the molecule is O=C(NNC(=O)c1[nH]c2ccc(Br)cc2c1Cl)c1ccccc1. The Morgan fingerprint density at radius 1 is 1.00 bits per heavy atom. The number of carbonyl (C=O) groups is 2. The van der Waals surface area contributed by atoms with E-state index in [0.29, 0.717) is 10.6 Å². The molecule has 0 spiro atoms. The second-order valence-electron chi connectivity index (χ2n) is 4.78. The van der Waals surface area contributed by atoms with E-state index in [-0.39, 0.29) is 5.69 Å². The van der Waals surface area contributed by atoms with E-state index in [2.05, 4.69) is 31.8 Å². The summed E-state index contributed by atoms with van der Waals surface area (Å²) in [6.07, 6.45) is 0. The van der Waals surface area contributed by atoms with E-state index in [1.165, 1.54) is 0 Å². The summed E-state index contributed by atoms with van der Waals surface area (Å²) in [6.45, 7) is 0. The van der Waals surface area contributed by atoms with Crippen LogP contribution in [0, 0.1) is 0 Å². The number of fused-ring (bicyclic) bond motifs is 1. The number of halogens is 2. The Kier molecular flexibility index (Phi) is 4.36. The Bertz CT molecular complexity index is 893. The topological polar surface area (TPSA) is 74.0 Å². The molecule has 2 aromatic carbocycles. The van der Waals surface area contributed by atoms with E-state index in [4.69, 9.17) is 11.6 Å². The molecule has 1 aromatic heterocycles. The molecule has 5 nitrogen and oxygen atoms in total. The normalized spacial score (nSPS) is 10.5. The van der Waals surface area contributed by atoms with Crippen molar-refractivity contribution in [3.8, 4) is 0 Å². The highest BCUT2D eigenvalue weighted by molar-refractivity contribution is 9.10. The van der Waals surface area contributed by atoms with Crippen molar-refractivity contribution >= 4 is 50.2 Å². The van der Waals surface area contributed by atoms with Crippen molar-refractivity contribution in [2.24, 2.45) is 0 Å². The van der Waals surface area contributed by atoms with Crippen molar-refractivity contribution in [2.45, 2.75) is 0 Å². The summed E-state index contributed by atoms with van der Waals surface area (Å²) in [4.78, 5) is 27.0. The van der Waals surface area contributed by atoms with Crippen LogP contribution in [0.5, 0.6) is 0 Å². The van der Waals surface area contributed by atoms with Gasteiger partial charge in [0.1, 0.15) is 5.69 Å². The molecule has 0 saturated carbocycles. The van der Waals surface area contributed by atoms with Gasteiger partial charge in [0, 0.05) is 20.9 Å². The molecule has 23 heavy (non-hydrogen) atoms. The second-order valence-corrected chi connectivity index (χ2v) is 6.07. The highest BCUT2D eigenvalue weighted by Gasteiger charge is 2.17. The standard InChI is InChI=1S/C16H11BrClN3O2/c17-10-6-7-12-11(8-10)13(18)14(19-12)16(23)21-20-15(22)9-4-2-1-3-5-9/h1-8,19H,(H,20,22)(H,21,23). The van der Waals surface area contributed by atoms with Crippen LogP contribution in [-0.4, -0.2) is 16.8 Å². The predicted molar refractivity (Wildman–Crippen MR) is 92.4 cm³/mol. The summed E-state index contributed by atoms with van der Waals surface area (Å²) in [5.74, 6) is -0.930. The van der Waals surface area contributed by atoms with E-state index in [1.807, 2.05) is 18.2 Å². The maximum atomic E-state index is 12.2. The molecule has 1 heterocycles. The van der Waals surface area contributed by atoms with E-state index in [1.54, 1.807) is 30.3 Å². The molecule has 0 fully saturated rings. The molecule has 3 rings (SSSR count). The first-order valence-electron chi connectivity index (χ1n) is 6.68. The lowest BCUT2D eigenvalue weighted by Gasteiger charge is -2.06. The monoisotopic (exact) mass is 391 g/mol. The number of H-pyrrole nitrogens is 1. The van der Waals surface area contributed by atoms with Gasteiger partial charge in [0.15, 0.2) is 0 Å². The fourth-order valence-corrected chi connectivity index (χ4v) is 2.78. The van der Waals surface area contributed by atoms with Gasteiger partial charge in [0.05, 0.1) is 5.02 Å². The van der Waals surface area contributed by atoms with Gasteiger partial charge in [-0.2, -0.15) is 0 Å². The van der Waals surface area contributed by atoms with Crippen LogP contribution in [0.25, 0.3) is 10.9 Å². The summed E-state index contributed by atoms with van der Waals surface area (Å²) < 4.78 is 0.857. The van der Waals surface area contributed by atoms with Gasteiger partial charge >= 0.3 is 0 Å². The Morgan fingerprint density at radius 2 is 1.70 bits per heavy atom. The van der Waals surface area contributed by atoms with Crippen molar-refractivity contribution in [2.75, 3.05) is 0 Å². The zero-order valence-corrected chi connectivity index (χ0v) is 14.0. The second kappa shape index (κ2) is 6.44. The smallest absolute Gasteiger partial charge is 0.287 e. The van der Waals surface area contributed by atoms with Gasteiger partial charge in [-0.25, -0.2) is 0 Å². The lowest BCUT2D eigenvalue weighted by atomic mass is 10.2. The Balaban J connectivity index is 1.76. The molecular formula is C16H11BrClN3O2. The number of rotatable bonds is 2. The zero-order valence-electron chi connectivity index (χ0n) is 11.7. The average molecular weight is 393 g/mol. The van der Waals surface area contributed by atoms with Crippen LogP contribution >= 0.6 is 27.5 Å². The maximum absolute atomic E-state index is 12.2. The van der Waals surface area contributed by atoms with Crippen molar-refractivity contribution in [1.29, 1.82) is 0 Å². The Labute approximate surface area is 145 Å². The third kappa shape index (κ3) is 3.23. The van der Waals surface area contributed by atoms with Crippen molar-refractivity contribution < 1.29 is 9.59 Å². The van der Waals surface area contributed by atoms with Crippen LogP contribution in [0.4, 0.5) is 0 Å². The number of benzene rings is 2. The number of aromatic amines is 1. The summed E-state index contributed by atoms with van der Waals surface area (Å²) in [7, 11) is 0. The quantitative estimate of drug-likeness (QED) is 0.582. The lowest BCUT2D eigenvalue weighted by Crippen LogP contribution is -2.41. The van der Waals surface area contributed by atoms with Crippen LogP contribution in [0.3, 0.4) is 0 Å². The van der Waals surface area contributed by atoms with Gasteiger partial charge in [0.2, 0.25) is 0 Å². The van der Waals surface area contributed by atoms with Gasteiger partial charge < -0.3 is 4.98 Å². The molecule has 0 bridgehead atoms. The molecule has 0 unspecified atom stereocenters. The minimum Gasteiger partial charge on any atom is -0.349 e. The molecule has 0 atom stereocenters. The van der Waals surface area contributed by atoms with E-state index in [0.717, 1.165) is 15.4 Å². The van der Waals surface area contributed by atoms with Crippen LogP contribution in [0.2, 0.25) is 5.02 Å². The molecule has 116 valence electrons. The highest BCUT2D eigenvalue weighted by Crippen LogP contribution is 2.29. The number of aromatic nitrogens is 1. The predicted octanol–water partition coefficient (Wildman–Crippen LogP) is 3.66. The molecule has 0 radical (unpaired) electrons. The molecule has 0 aliphatic rings.